The van der Waals surface area contributed by atoms with Gasteiger partial charge in [-0.05, 0) is 18.1 Å². The van der Waals surface area contributed by atoms with Gasteiger partial charge in [0.15, 0.2) is 11.0 Å². The molecular formula is C11H12Cl2N4O. The minimum Gasteiger partial charge on any atom is -0.391 e. The van der Waals surface area contributed by atoms with Crippen LogP contribution in [0.15, 0.2) is 12.1 Å². The number of aliphatic hydroxyl groups excluding tert-OH is 1. The van der Waals surface area contributed by atoms with Gasteiger partial charge in [-0.1, -0.05) is 37.0 Å². The van der Waals surface area contributed by atoms with Crippen molar-refractivity contribution in [3.05, 3.63) is 33.7 Å². The lowest BCUT2D eigenvalue weighted by atomic mass is 10.1. The monoisotopic (exact) mass is 286 g/mol. The third-order valence-corrected chi connectivity index (χ3v) is 3.08. The molecule has 0 saturated heterocycles. The molecule has 5 nitrogen and oxygen atoms in total. The molecule has 2 aromatic heterocycles. The minimum absolute atomic E-state index is 0.158. The highest BCUT2D eigenvalue weighted by Crippen LogP contribution is 2.27. The maximum atomic E-state index is 9.36. The standard InChI is InChI=1S/C11H12Cl2N4O/c1-6(2)10-7(5-18)11(13)17(16-10)9-4-3-8(12)14-15-9/h3-4,6,18H,5H2,1-2H3. The third-order valence-electron chi connectivity index (χ3n) is 2.49. The van der Waals surface area contributed by atoms with E-state index in [-0.39, 0.29) is 12.5 Å². The molecule has 0 spiro atoms. The van der Waals surface area contributed by atoms with E-state index in [1.54, 1.807) is 12.1 Å². The van der Waals surface area contributed by atoms with Crippen LogP contribution in [0.2, 0.25) is 10.3 Å². The maximum absolute atomic E-state index is 9.36. The summed E-state index contributed by atoms with van der Waals surface area (Å²) in [6.07, 6.45) is 0. The Morgan fingerprint density at radius 3 is 2.44 bits per heavy atom. The topological polar surface area (TPSA) is 63.8 Å². The number of nitrogens with zero attached hydrogens (tertiary/aromatic N) is 4. The summed E-state index contributed by atoms with van der Waals surface area (Å²) < 4.78 is 1.45. The fourth-order valence-electron chi connectivity index (χ4n) is 1.63. The van der Waals surface area contributed by atoms with E-state index in [1.165, 1.54) is 4.68 Å². The predicted octanol–water partition coefficient (Wildman–Crippen LogP) is 2.58. The molecule has 0 bridgehead atoms. The summed E-state index contributed by atoms with van der Waals surface area (Å²) in [6.45, 7) is 3.80. The first-order valence-electron chi connectivity index (χ1n) is 5.42. The number of halogens is 2. The largest absolute Gasteiger partial charge is 0.391 e. The van der Waals surface area contributed by atoms with Crippen LogP contribution in [0.4, 0.5) is 0 Å². The van der Waals surface area contributed by atoms with E-state index in [4.69, 9.17) is 23.2 Å². The van der Waals surface area contributed by atoms with Gasteiger partial charge in [-0.2, -0.15) is 5.10 Å². The quantitative estimate of drug-likeness (QED) is 0.942. The van der Waals surface area contributed by atoms with E-state index in [2.05, 4.69) is 15.3 Å². The van der Waals surface area contributed by atoms with Crippen molar-refractivity contribution in [2.75, 3.05) is 0 Å². The third kappa shape index (κ3) is 2.34. The Hall–Kier alpha value is -1.17. The number of aliphatic hydroxyl groups is 1. The van der Waals surface area contributed by atoms with Crippen molar-refractivity contribution in [2.24, 2.45) is 0 Å². The Morgan fingerprint density at radius 1 is 1.28 bits per heavy atom. The second-order valence-electron chi connectivity index (χ2n) is 4.09. The molecule has 0 aliphatic rings. The van der Waals surface area contributed by atoms with Gasteiger partial charge in [0.25, 0.3) is 0 Å². The fourth-order valence-corrected chi connectivity index (χ4v) is 2.01. The molecule has 0 amide bonds. The van der Waals surface area contributed by atoms with E-state index in [1.807, 2.05) is 13.8 Å². The Bertz CT molecular complexity index is 551. The van der Waals surface area contributed by atoms with Crippen LogP contribution in [-0.2, 0) is 6.61 Å². The highest BCUT2D eigenvalue weighted by Gasteiger charge is 2.19. The zero-order valence-electron chi connectivity index (χ0n) is 9.93. The van der Waals surface area contributed by atoms with Crippen molar-refractivity contribution in [3.63, 3.8) is 0 Å². The van der Waals surface area contributed by atoms with Crippen LogP contribution in [-0.4, -0.2) is 25.1 Å². The summed E-state index contributed by atoms with van der Waals surface area (Å²) in [5.74, 6) is 0.622. The molecule has 0 fully saturated rings. The first kappa shape index (κ1) is 13.3. The van der Waals surface area contributed by atoms with Crippen molar-refractivity contribution >= 4 is 23.2 Å². The van der Waals surface area contributed by atoms with Crippen molar-refractivity contribution in [1.82, 2.24) is 20.0 Å². The lowest BCUT2D eigenvalue weighted by Crippen LogP contribution is -2.02. The second-order valence-corrected chi connectivity index (χ2v) is 4.84. The Labute approximate surface area is 114 Å². The number of hydrogen-bond acceptors (Lipinski definition) is 4. The van der Waals surface area contributed by atoms with E-state index in [0.29, 0.717) is 21.7 Å². The number of hydrogen-bond donors (Lipinski definition) is 1. The molecule has 2 heterocycles. The van der Waals surface area contributed by atoms with Gasteiger partial charge in [0.2, 0.25) is 0 Å². The lowest BCUT2D eigenvalue weighted by Gasteiger charge is -2.01. The molecule has 0 aliphatic heterocycles. The lowest BCUT2D eigenvalue weighted by molar-refractivity contribution is 0.280. The smallest absolute Gasteiger partial charge is 0.177 e. The van der Waals surface area contributed by atoms with Gasteiger partial charge < -0.3 is 5.11 Å². The van der Waals surface area contributed by atoms with E-state index < -0.39 is 0 Å². The normalized spacial score (nSPS) is 11.2. The Kier molecular flexibility index (Phi) is 3.85. The summed E-state index contributed by atoms with van der Waals surface area (Å²) in [7, 11) is 0. The van der Waals surface area contributed by atoms with Crippen LogP contribution in [0.5, 0.6) is 0 Å². The van der Waals surface area contributed by atoms with Crippen LogP contribution in [0.3, 0.4) is 0 Å². The van der Waals surface area contributed by atoms with Gasteiger partial charge in [0.05, 0.1) is 12.3 Å². The molecule has 96 valence electrons. The second kappa shape index (κ2) is 5.22. The van der Waals surface area contributed by atoms with Crippen LogP contribution in [0, 0.1) is 0 Å². The first-order valence-corrected chi connectivity index (χ1v) is 6.18. The molecule has 1 N–H and O–H groups in total. The minimum atomic E-state index is -0.159. The number of rotatable bonds is 3. The van der Waals surface area contributed by atoms with Crippen molar-refractivity contribution < 1.29 is 5.11 Å². The molecule has 2 rings (SSSR count). The molecular weight excluding hydrogens is 275 g/mol. The molecule has 0 saturated carbocycles. The molecule has 0 radical (unpaired) electrons. The fraction of sp³-hybridized carbons (Fsp3) is 0.364. The Balaban J connectivity index is 2.55. The predicted molar refractivity (Wildman–Crippen MR) is 69.2 cm³/mol. The SMILES string of the molecule is CC(C)c1nn(-c2ccc(Cl)nn2)c(Cl)c1CO. The summed E-state index contributed by atoms with van der Waals surface area (Å²) in [5, 5.41) is 22.0. The molecule has 0 unspecified atom stereocenters. The maximum Gasteiger partial charge on any atom is 0.177 e. The number of aromatic nitrogens is 4. The van der Waals surface area contributed by atoms with Crippen molar-refractivity contribution in [3.8, 4) is 5.82 Å². The molecule has 0 atom stereocenters. The summed E-state index contributed by atoms with van der Waals surface area (Å²) in [5.41, 5.74) is 1.36. The van der Waals surface area contributed by atoms with E-state index in [9.17, 15) is 5.11 Å². The van der Waals surface area contributed by atoms with Crippen LogP contribution >= 0.6 is 23.2 Å². The van der Waals surface area contributed by atoms with Gasteiger partial charge >= 0.3 is 0 Å². The molecule has 7 heteroatoms. The summed E-state index contributed by atoms with van der Waals surface area (Å²) in [6, 6.07) is 3.27. The van der Waals surface area contributed by atoms with E-state index >= 15 is 0 Å². The first-order chi connectivity index (χ1) is 8.54. The summed E-state index contributed by atoms with van der Waals surface area (Å²) >= 11 is 11.9. The zero-order valence-corrected chi connectivity index (χ0v) is 11.4. The highest BCUT2D eigenvalue weighted by atomic mass is 35.5. The average molecular weight is 287 g/mol. The molecule has 18 heavy (non-hydrogen) atoms. The van der Waals surface area contributed by atoms with Crippen LogP contribution in [0.25, 0.3) is 5.82 Å². The van der Waals surface area contributed by atoms with Crippen LogP contribution < -0.4 is 0 Å². The average Bonchev–Trinajstić information content (AvgIpc) is 2.67. The van der Waals surface area contributed by atoms with Crippen molar-refractivity contribution in [2.45, 2.75) is 26.4 Å². The van der Waals surface area contributed by atoms with Gasteiger partial charge in [-0.15, -0.1) is 10.2 Å². The summed E-state index contributed by atoms with van der Waals surface area (Å²) in [4.78, 5) is 0. The Morgan fingerprint density at radius 2 is 2.00 bits per heavy atom. The van der Waals surface area contributed by atoms with Crippen molar-refractivity contribution in [1.29, 1.82) is 0 Å². The zero-order chi connectivity index (χ0) is 13.3. The molecule has 0 aromatic carbocycles. The highest BCUT2D eigenvalue weighted by molar-refractivity contribution is 6.30. The van der Waals surface area contributed by atoms with Crippen LogP contribution in [0.1, 0.15) is 31.0 Å². The van der Waals surface area contributed by atoms with Gasteiger partial charge in [-0.3, -0.25) is 0 Å². The molecule has 2 aromatic rings. The van der Waals surface area contributed by atoms with Gasteiger partial charge in [0, 0.05) is 5.56 Å². The van der Waals surface area contributed by atoms with Gasteiger partial charge in [-0.25, -0.2) is 4.68 Å². The molecule has 0 aliphatic carbocycles. The van der Waals surface area contributed by atoms with E-state index in [0.717, 1.165) is 5.69 Å². The van der Waals surface area contributed by atoms with Gasteiger partial charge in [0.1, 0.15) is 5.15 Å².